The number of pyridine rings is 1. The minimum atomic E-state index is 0.211. The van der Waals surface area contributed by atoms with Crippen molar-refractivity contribution in [1.29, 1.82) is 0 Å². The molecule has 1 N–H and O–H groups in total. The molecule has 3 atom stereocenters. The molecule has 4 rings (SSSR count). The van der Waals surface area contributed by atoms with Crippen LogP contribution in [0, 0.1) is 18.8 Å². The Morgan fingerprint density at radius 1 is 1.24 bits per heavy atom. The third-order valence-electron chi connectivity index (χ3n) is 5.74. The number of carbonyl (C=O) groups is 1. The Labute approximate surface area is 149 Å². The Bertz CT molecular complexity index is 746. The van der Waals surface area contributed by atoms with Gasteiger partial charge in [-0.25, -0.2) is 0 Å². The number of aryl methyl sites for hydroxylation is 2. The molecule has 4 nitrogen and oxygen atoms in total. The number of hydrogen-bond acceptors (Lipinski definition) is 3. The predicted octanol–water partition coefficient (Wildman–Crippen LogP) is 2.74. The van der Waals surface area contributed by atoms with E-state index in [1.54, 1.807) is 6.20 Å². The Kier molecular flexibility index (Phi) is 4.53. The molecular weight excluding hydrogens is 310 g/mol. The zero-order valence-corrected chi connectivity index (χ0v) is 14.7. The highest BCUT2D eigenvalue weighted by Crippen LogP contribution is 2.43. The number of nitrogens with one attached hydrogen (secondary N) is 1. The van der Waals surface area contributed by atoms with Gasteiger partial charge < -0.3 is 10.2 Å². The summed E-state index contributed by atoms with van der Waals surface area (Å²) in [6, 6.07) is 12.7. The first kappa shape index (κ1) is 16.3. The highest BCUT2D eigenvalue weighted by Gasteiger charge is 2.46. The van der Waals surface area contributed by atoms with Gasteiger partial charge >= 0.3 is 0 Å². The molecule has 2 aliphatic heterocycles. The van der Waals surface area contributed by atoms with Crippen molar-refractivity contribution in [3.05, 3.63) is 65.5 Å². The van der Waals surface area contributed by atoms with Crippen LogP contribution in [-0.2, 0) is 11.2 Å². The number of carbonyl (C=O) groups excluding carboxylic acids is 1. The number of benzene rings is 1. The van der Waals surface area contributed by atoms with Gasteiger partial charge in [0.15, 0.2) is 0 Å². The van der Waals surface area contributed by atoms with Gasteiger partial charge in [-0.2, -0.15) is 0 Å². The summed E-state index contributed by atoms with van der Waals surface area (Å²) in [6.07, 6.45) is 4.95. The number of fused-ring (bicyclic) bond motifs is 1. The summed E-state index contributed by atoms with van der Waals surface area (Å²) in [6.45, 7) is 5.07. The maximum absolute atomic E-state index is 13.0. The molecule has 4 heteroatoms. The SMILES string of the molecule is Cc1ccccc1[C@H]1[C@H]2CNC[C@H]2CN1C(=O)CCc1cccnc1. The van der Waals surface area contributed by atoms with E-state index in [0.29, 0.717) is 18.3 Å². The van der Waals surface area contributed by atoms with Crippen LogP contribution in [0.3, 0.4) is 0 Å². The van der Waals surface area contributed by atoms with Crippen molar-refractivity contribution >= 4 is 5.91 Å². The lowest BCUT2D eigenvalue weighted by Gasteiger charge is -2.29. The van der Waals surface area contributed by atoms with E-state index in [1.807, 2.05) is 18.3 Å². The van der Waals surface area contributed by atoms with Crippen molar-refractivity contribution in [2.24, 2.45) is 11.8 Å². The molecule has 0 bridgehead atoms. The molecule has 2 aliphatic rings. The van der Waals surface area contributed by atoms with Crippen LogP contribution in [0.5, 0.6) is 0 Å². The molecule has 2 aromatic rings. The van der Waals surface area contributed by atoms with E-state index < -0.39 is 0 Å². The summed E-state index contributed by atoms with van der Waals surface area (Å²) >= 11 is 0. The van der Waals surface area contributed by atoms with Crippen molar-refractivity contribution in [1.82, 2.24) is 15.2 Å². The minimum absolute atomic E-state index is 0.211. The average molecular weight is 335 g/mol. The molecule has 0 unspecified atom stereocenters. The van der Waals surface area contributed by atoms with E-state index in [4.69, 9.17) is 0 Å². The summed E-state index contributed by atoms with van der Waals surface area (Å²) in [5.74, 6) is 1.38. The fourth-order valence-corrected chi connectivity index (χ4v) is 4.44. The number of amides is 1. The number of hydrogen-bond donors (Lipinski definition) is 1. The zero-order chi connectivity index (χ0) is 17.2. The van der Waals surface area contributed by atoms with Gasteiger partial charge in [-0.3, -0.25) is 9.78 Å². The van der Waals surface area contributed by atoms with Crippen molar-refractivity contribution in [3.63, 3.8) is 0 Å². The summed E-state index contributed by atoms with van der Waals surface area (Å²) in [7, 11) is 0. The Hall–Kier alpha value is -2.20. The van der Waals surface area contributed by atoms with Gasteiger partial charge in [0.05, 0.1) is 6.04 Å². The van der Waals surface area contributed by atoms with Crippen LogP contribution in [0.15, 0.2) is 48.8 Å². The van der Waals surface area contributed by atoms with Crippen LogP contribution >= 0.6 is 0 Å². The number of rotatable bonds is 4. The normalized spacial score (nSPS) is 25.2. The molecule has 3 heterocycles. The fourth-order valence-electron chi connectivity index (χ4n) is 4.44. The highest BCUT2D eigenvalue weighted by molar-refractivity contribution is 5.77. The summed E-state index contributed by atoms with van der Waals surface area (Å²) in [5.41, 5.74) is 3.72. The first-order valence-corrected chi connectivity index (χ1v) is 9.18. The Morgan fingerprint density at radius 3 is 2.92 bits per heavy atom. The molecule has 1 amide bonds. The molecule has 1 aromatic carbocycles. The molecular formula is C21H25N3O. The van der Waals surface area contributed by atoms with Crippen molar-refractivity contribution < 1.29 is 4.79 Å². The molecule has 1 aromatic heterocycles. The van der Waals surface area contributed by atoms with E-state index in [2.05, 4.69) is 46.4 Å². The number of aromatic nitrogens is 1. The van der Waals surface area contributed by atoms with Crippen LogP contribution in [0.25, 0.3) is 0 Å². The maximum atomic E-state index is 13.0. The second kappa shape index (κ2) is 6.96. The summed E-state index contributed by atoms with van der Waals surface area (Å²) in [5, 5.41) is 3.51. The second-order valence-corrected chi connectivity index (χ2v) is 7.29. The van der Waals surface area contributed by atoms with Crippen LogP contribution in [0.4, 0.5) is 0 Å². The van der Waals surface area contributed by atoms with E-state index >= 15 is 0 Å². The van der Waals surface area contributed by atoms with Crippen molar-refractivity contribution in [2.75, 3.05) is 19.6 Å². The highest BCUT2D eigenvalue weighted by atomic mass is 16.2. The molecule has 0 aliphatic carbocycles. The summed E-state index contributed by atoms with van der Waals surface area (Å²) in [4.78, 5) is 19.3. The van der Waals surface area contributed by atoms with Crippen molar-refractivity contribution in [3.8, 4) is 0 Å². The third kappa shape index (κ3) is 3.19. The molecule has 130 valence electrons. The van der Waals surface area contributed by atoms with Crippen LogP contribution < -0.4 is 5.32 Å². The smallest absolute Gasteiger partial charge is 0.223 e. The molecule has 25 heavy (non-hydrogen) atoms. The van der Waals surface area contributed by atoms with Gasteiger partial charge in [0.2, 0.25) is 5.91 Å². The first-order chi connectivity index (χ1) is 12.2. The Balaban J connectivity index is 1.54. The lowest BCUT2D eigenvalue weighted by Crippen LogP contribution is -2.35. The topological polar surface area (TPSA) is 45.2 Å². The van der Waals surface area contributed by atoms with E-state index in [-0.39, 0.29) is 11.9 Å². The lowest BCUT2D eigenvalue weighted by molar-refractivity contribution is -0.132. The van der Waals surface area contributed by atoms with Crippen LogP contribution in [-0.4, -0.2) is 35.4 Å². The van der Waals surface area contributed by atoms with E-state index in [1.165, 1.54) is 11.1 Å². The molecule has 2 saturated heterocycles. The van der Waals surface area contributed by atoms with Crippen LogP contribution in [0.2, 0.25) is 0 Å². The van der Waals surface area contributed by atoms with Crippen molar-refractivity contribution in [2.45, 2.75) is 25.8 Å². The molecule has 2 fully saturated rings. The number of likely N-dealkylation sites (tertiary alicyclic amines) is 1. The van der Waals surface area contributed by atoms with Crippen LogP contribution in [0.1, 0.15) is 29.2 Å². The van der Waals surface area contributed by atoms with Gasteiger partial charge in [0.25, 0.3) is 0 Å². The Morgan fingerprint density at radius 2 is 2.12 bits per heavy atom. The number of nitrogens with zero attached hydrogens (tertiary/aromatic N) is 2. The standard InChI is InChI=1S/C21H25N3O/c1-15-5-2-3-7-18(15)21-19-13-23-12-17(19)14-24(21)20(25)9-8-16-6-4-10-22-11-16/h2-7,10-11,17,19,21,23H,8-9,12-14H2,1H3/t17-,19-,21-/m0/s1. The zero-order valence-electron chi connectivity index (χ0n) is 14.7. The van der Waals surface area contributed by atoms with E-state index in [9.17, 15) is 4.79 Å². The second-order valence-electron chi connectivity index (χ2n) is 7.29. The predicted molar refractivity (Wildman–Crippen MR) is 98.0 cm³/mol. The third-order valence-corrected chi connectivity index (χ3v) is 5.74. The average Bonchev–Trinajstić information content (AvgIpc) is 3.22. The van der Waals surface area contributed by atoms with E-state index in [0.717, 1.165) is 31.6 Å². The monoisotopic (exact) mass is 335 g/mol. The quantitative estimate of drug-likeness (QED) is 0.934. The summed E-state index contributed by atoms with van der Waals surface area (Å²) < 4.78 is 0. The van der Waals surface area contributed by atoms with Gasteiger partial charge in [-0.1, -0.05) is 30.3 Å². The lowest BCUT2D eigenvalue weighted by atomic mass is 9.87. The first-order valence-electron chi connectivity index (χ1n) is 9.18. The van der Waals surface area contributed by atoms with Gasteiger partial charge in [0.1, 0.15) is 0 Å². The maximum Gasteiger partial charge on any atom is 0.223 e. The molecule has 0 saturated carbocycles. The van der Waals surface area contributed by atoms with Gasteiger partial charge in [0, 0.05) is 44.4 Å². The minimum Gasteiger partial charge on any atom is -0.335 e. The fraction of sp³-hybridized carbons (Fsp3) is 0.429. The van der Waals surface area contributed by atoms with Gasteiger partial charge in [-0.05, 0) is 42.0 Å². The molecule has 0 spiro atoms. The largest absolute Gasteiger partial charge is 0.335 e. The van der Waals surface area contributed by atoms with Gasteiger partial charge in [-0.15, -0.1) is 0 Å². The molecule has 0 radical (unpaired) electrons.